The molecule has 108 valence electrons. The summed E-state index contributed by atoms with van der Waals surface area (Å²) < 4.78 is 28.3. The minimum absolute atomic E-state index is 0.182. The lowest BCUT2D eigenvalue weighted by atomic mass is 10.2. The molecule has 0 unspecified atom stereocenters. The Bertz CT molecular complexity index is 486. The fraction of sp³-hybridized carbons (Fsp3) is 0.357. The molecule has 1 aromatic carbocycles. The van der Waals surface area contributed by atoms with Gasteiger partial charge in [-0.2, -0.15) is 8.78 Å². The predicted molar refractivity (Wildman–Crippen MR) is 71.7 cm³/mol. The summed E-state index contributed by atoms with van der Waals surface area (Å²) in [5.41, 5.74) is 1.03. The molecule has 2 rings (SSSR count). The van der Waals surface area contributed by atoms with E-state index in [4.69, 9.17) is 0 Å². The zero-order valence-electron chi connectivity index (χ0n) is 11.0. The Hall–Kier alpha value is -1.95. The highest BCUT2D eigenvalue weighted by Gasteiger charge is 2.03. The molecule has 20 heavy (non-hydrogen) atoms. The van der Waals surface area contributed by atoms with Gasteiger partial charge in [-0.15, -0.1) is 0 Å². The van der Waals surface area contributed by atoms with Crippen molar-refractivity contribution in [3.63, 3.8) is 0 Å². The van der Waals surface area contributed by atoms with Crippen molar-refractivity contribution < 1.29 is 13.5 Å². The van der Waals surface area contributed by atoms with Gasteiger partial charge in [0.2, 0.25) is 0 Å². The summed E-state index contributed by atoms with van der Waals surface area (Å²) in [7, 11) is 0. The van der Waals surface area contributed by atoms with Crippen LogP contribution in [0.4, 0.5) is 8.78 Å². The van der Waals surface area contributed by atoms with Crippen molar-refractivity contribution in [2.24, 2.45) is 0 Å². The molecule has 6 heteroatoms. The van der Waals surface area contributed by atoms with Crippen LogP contribution < -0.4 is 10.1 Å². The number of rotatable bonds is 8. The number of benzene rings is 1. The van der Waals surface area contributed by atoms with E-state index >= 15 is 0 Å². The van der Waals surface area contributed by atoms with Crippen LogP contribution in [0.5, 0.6) is 5.75 Å². The van der Waals surface area contributed by atoms with Crippen molar-refractivity contribution in [2.45, 2.75) is 26.0 Å². The third kappa shape index (κ3) is 4.97. The molecule has 0 aliphatic heterocycles. The van der Waals surface area contributed by atoms with Gasteiger partial charge in [-0.25, -0.2) is 4.98 Å². The van der Waals surface area contributed by atoms with Crippen molar-refractivity contribution in [3.05, 3.63) is 48.0 Å². The van der Waals surface area contributed by atoms with Crippen LogP contribution in [-0.2, 0) is 13.0 Å². The van der Waals surface area contributed by atoms with Crippen LogP contribution in [0.2, 0.25) is 0 Å². The summed E-state index contributed by atoms with van der Waals surface area (Å²) in [6.45, 7) is -1.20. The highest BCUT2D eigenvalue weighted by atomic mass is 19.3. The number of aryl methyl sites for hydroxylation is 1. The van der Waals surface area contributed by atoms with Crippen LogP contribution in [0, 0.1) is 0 Å². The summed E-state index contributed by atoms with van der Waals surface area (Å²) in [6.07, 6.45) is 5.44. The standard InChI is InChI=1S/C14H17F2N3O/c15-14(16)20-12-5-3-11(4-6-12)10-17-7-1-2-13-18-8-9-19-13/h3-6,8-9,14,17H,1-2,7,10H2,(H,18,19). The van der Waals surface area contributed by atoms with Crippen molar-refractivity contribution >= 4 is 0 Å². The average Bonchev–Trinajstić information content (AvgIpc) is 2.93. The van der Waals surface area contributed by atoms with E-state index in [1.165, 1.54) is 0 Å². The molecule has 0 saturated heterocycles. The van der Waals surface area contributed by atoms with Crippen LogP contribution in [0.25, 0.3) is 0 Å². The lowest BCUT2D eigenvalue weighted by Gasteiger charge is -2.07. The number of aromatic nitrogens is 2. The van der Waals surface area contributed by atoms with Gasteiger partial charge in [0.05, 0.1) is 0 Å². The zero-order chi connectivity index (χ0) is 14.2. The molecule has 2 N–H and O–H groups in total. The molecular formula is C14H17F2N3O. The Kier molecular flexibility index (Phi) is 5.49. The van der Waals surface area contributed by atoms with E-state index in [0.29, 0.717) is 6.54 Å². The highest BCUT2D eigenvalue weighted by molar-refractivity contribution is 5.27. The number of hydrogen-bond acceptors (Lipinski definition) is 3. The number of ether oxygens (including phenoxy) is 1. The molecule has 0 aliphatic carbocycles. The number of imidazole rings is 1. The van der Waals surface area contributed by atoms with Crippen molar-refractivity contribution in [1.29, 1.82) is 0 Å². The Morgan fingerprint density at radius 2 is 2.05 bits per heavy atom. The van der Waals surface area contributed by atoms with Crippen LogP contribution in [0.1, 0.15) is 17.8 Å². The van der Waals surface area contributed by atoms with Gasteiger partial charge in [-0.3, -0.25) is 0 Å². The number of nitrogens with one attached hydrogen (secondary N) is 2. The Labute approximate surface area is 116 Å². The molecule has 1 heterocycles. The van der Waals surface area contributed by atoms with Gasteiger partial charge in [0.1, 0.15) is 11.6 Å². The van der Waals surface area contributed by atoms with E-state index < -0.39 is 6.61 Å². The van der Waals surface area contributed by atoms with E-state index in [2.05, 4.69) is 20.0 Å². The fourth-order valence-corrected chi connectivity index (χ4v) is 1.84. The van der Waals surface area contributed by atoms with Gasteiger partial charge in [0.15, 0.2) is 0 Å². The predicted octanol–water partition coefficient (Wildman–Crippen LogP) is 2.73. The third-order valence-electron chi connectivity index (χ3n) is 2.80. The summed E-state index contributed by atoms with van der Waals surface area (Å²) in [6, 6.07) is 6.65. The van der Waals surface area contributed by atoms with Gasteiger partial charge in [-0.05, 0) is 30.7 Å². The quantitative estimate of drug-likeness (QED) is 0.731. The monoisotopic (exact) mass is 281 g/mol. The molecule has 4 nitrogen and oxygen atoms in total. The Morgan fingerprint density at radius 3 is 2.70 bits per heavy atom. The number of alkyl halides is 2. The molecule has 1 aromatic heterocycles. The highest BCUT2D eigenvalue weighted by Crippen LogP contribution is 2.14. The van der Waals surface area contributed by atoms with Gasteiger partial charge in [0.25, 0.3) is 0 Å². The second kappa shape index (κ2) is 7.59. The minimum Gasteiger partial charge on any atom is -0.435 e. The second-order valence-electron chi connectivity index (χ2n) is 4.34. The molecular weight excluding hydrogens is 264 g/mol. The van der Waals surface area contributed by atoms with E-state index in [9.17, 15) is 8.78 Å². The molecule has 0 fully saturated rings. The maximum atomic E-state index is 12.0. The first-order chi connectivity index (χ1) is 9.74. The lowest BCUT2D eigenvalue weighted by Crippen LogP contribution is -2.15. The lowest BCUT2D eigenvalue weighted by molar-refractivity contribution is -0.0498. The van der Waals surface area contributed by atoms with Crippen LogP contribution in [-0.4, -0.2) is 23.1 Å². The topological polar surface area (TPSA) is 49.9 Å². The summed E-state index contributed by atoms with van der Waals surface area (Å²) in [5, 5.41) is 3.29. The first-order valence-electron chi connectivity index (χ1n) is 6.47. The SMILES string of the molecule is FC(F)Oc1ccc(CNCCCc2ncc[nH]2)cc1. The molecule has 0 bridgehead atoms. The van der Waals surface area contributed by atoms with Crippen molar-refractivity contribution in [3.8, 4) is 5.75 Å². The largest absolute Gasteiger partial charge is 0.435 e. The zero-order valence-corrected chi connectivity index (χ0v) is 11.0. The molecule has 0 spiro atoms. The molecule has 2 aromatic rings. The van der Waals surface area contributed by atoms with E-state index in [0.717, 1.165) is 30.8 Å². The maximum Gasteiger partial charge on any atom is 0.387 e. The molecule has 0 aliphatic rings. The first-order valence-corrected chi connectivity index (χ1v) is 6.47. The second-order valence-corrected chi connectivity index (χ2v) is 4.34. The molecule has 0 radical (unpaired) electrons. The average molecular weight is 281 g/mol. The van der Waals surface area contributed by atoms with Gasteiger partial charge in [-0.1, -0.05) is 12.1 Å². The van der Waals surface area contributed by atoms with Crippen molar-refractivity contribution in [2.75, 3.05) is 6.54 Å². The smallest absolute Gasteiger partial charge is 0.387 e. The number of aromatic amines is 1. The van der Waals surface area contributed by atoms with E-state index in [-0.39, 0.29) is 5.75 Å². The third-order valence-corrected chi connectivity index (χ3v) is 2.80. The molecule has 0 saturated carbocycles. The van der Waals surface area contributed by atoms with E-state index in [1.807, 2.05) is 6.20 Å². The Balaban J connectivity index is 1.64. The van der Waals surface area contributed by atoms with Gasteiger partial charge >= 0.3 is 6.61 Å². The van der Waals surface area contributed by atoms with Gasteiger partial charge in [0, 0.05) is 25.4 Å². The van der Waals surface area contributed by atoms with Crippen LogP contribution in [0.3, 0.4) is 0 Å². The Morgan fingerprint density at radius 1 is 1.25 bits per heavy atom. The molecule has 0 amide bonds. The van der Waals surface area contributed by atoms with Crippen LogP contribution >= 0.6 is 0 Å². The maximum absolute atomic E-state index is 12.0. The minimum atomic E-state index is -2.78. The number of H-pyrrole nitrogens is 1. The number of hydrogen-bond donors (Lipinski definition) is 2. The normalized spacial score (nSPS) is 10.9. The first kappa shape index (κ1) is 14.5. The fourth-order valence-electron chi connectivity index (χ4n) is 1.84. The summed E-state index contributed by atoms with van der Waals surface area (Å²) in [4.78, 5) is 7.20. The summed E-state index contributed by atoms with van der Waals surface area (Å²) in [5.74, 6) is 1.17. The number of nitrogens with zero attached hydrogens (tertiary/aromatic N) is 1. The van der Waals surface area contributed by atoms with Gasteiger partial charge < -0.3 is 15.0 Å². The number of halogens is 2. The van der Waals surface area contributed by atoms with Crippen LogP contribution in [0.15, 0.2) is 36.7 Å². The molecule has 0 atom stereocenters. The summed E-state index contributed by atoms with van der Waals surface area (Å²) >= 11 is 0. The van der Waals surface area contributed by atoms with Crippen molar-refractivity contribution in [1.82, 2.24) is 15.3 Å². The van der Waals surface area contributed by atoms with E-state index in [1.54, 1.807) is 30.5 Å².